The monoisotopic (exact) mass is 227 g/mol. The normalized spacial score (nSPS) is 24.6. The highest BCUT2D eigenvalue weighted by molar-refractivity contribution is 4.83. The molecule has 0 bridgehead atoms. The summed E-state index contributed by atoms with van der Waals surface area (Å²) in [5.41, 5.74) is 0.548. The van der Waals surface area contributed by atoms with Crippen LogP contribution in [-0.2, 0) is 0 Å². The smallest absolute Gasteiger partial charge is 0.0431 e. The Bertz CT molecular complexity index is 180. The van der Waals surface area contributed by atoms with E-state index in [0.717, 1.165) is 19.0 Å². The van der Waals surface area contributed by atoms with Crippen LogP contribution in [-0.4, -0.2) is 24.3 Å². The van der Waals surface area contributed by atoms with Crippen molar-refractivity contribution in [3.63, 3.8) is 0 Å². The third kappa shape index (κ3) is 5.86. The Kier molecular flexibility index (Phi) is 6.37. The van der Waals surface area contributed by atoms with Gasteiger partial charge in [0.05, 0.1) is 0 Å². The highest BCUT2D eigenvalue weighted by Gasteiger charge is 2.27. The molecule has 1 aliphatic rings. The summed E-state index contributed by atoms with van der Waals surface area (Å²) in [6, 6.07) is 0.751. The lowest BCUT2D eigenvalue weighted by Crippen LogP contribution is -2.37. The molecule has 0 amide bonds. The van der Waals surface area contributed by atoms with Crippen molar-refractivity contribution in [2.45, 2.75) is 71.3 Å². The molecule has 0 spiro atoms. The number of aliphatic hydroxyl groups excluding tert-OH is 1. The van der Waals surface area contributed by atoms with Crippen molar-refractivity contribution in [2.75, 3.05) is 13.2 Å². The maximum absolute atomic E-state index is 8.67. The average Bonchev–Trinajstić information content (AvgIpc) is 2.22. The second kappa shape index (κ2) is 7.29. The Morgan fingerprint density at radius 2 is 1.94 bits per heavy atom. The summed E-state index contributed by atoms with van der Waals surface area (Å²) in [6.45, 7) is 6.29. The number of nitrogens with one attached hydrogen (secondary N) is 1. The Hall–Kier alpha value is -0.0800. The number of hydrogen-bond donors (Lipinski definition) is 2. The molecule has 1 unspecified atom stereocenters. The fourth-order valence-electron chi connectivity index (χ4n) is 2.77. The molecule has 1 rings (SSSR count). The molecule has 0 aromatic rings. The van der Waals surface area contributed by atoms with E-state index in [-0.39, 0.29) is 0 Å². The van der Waals surface area contributed by atoms with E-state index in [0.29, 0.717) is 12.0 Å². The zero-order valence-electron chi connectivity index (χ0n) is 11.1. The topological polar surface area (TPSA) is 32.3 Å². The molecule has 0 aliphatic heterocycles. The van der Waals surface area contributed by atoms with E-state index < -0.39 is 0 Å². The molecule has 2 nitrogen and oxygen atoms in total. The second-order valence-corrected chi connectivity index (χ2v) is 6.05. The Labute approximate surface area is 101 Å². The van der Waals surface area contributed by atoms with Crippen LogP contribution in [0.4, 0.5) is 0 Å². The van der Waals surface area contributed by atoms with Crippen LogP contribution in [0.2, 0.25) is 0 Å². The van der Waals surface area contributed by atoms with Crippen molar-refractivity contribution in [3.8, 4) is 0 Å². The van der Waals surface area contributed by atoms with E-state index in [4.69, 9.17) is 5.11 Å². The minimum Gasteiger partial charge on any atom is -0.396 e. The zero-order chi connectivity index (χ0) is 11.9. The molecule has 1 aliphatic carbocycles. The largest absolute Gasteiger partial charge is 0.396 e. The van der Waals surface area contributed by atoms with Crippen LogP contribution < -0.4 is 5.32 Å². The van der Waals surface area contributed by atoms with E-state index in [1.807, 2.05) is 0 Å². The van der Waals surface area contributed by atoms with Crippen LogP contribution in [0.15, 0.2) is 0 Å². The van der Waals surface area contributed by atoms with Crippen molar-refractivity contribution < 1.29 is 5.11 Å². The number of hydrogen-bond acceptors (Lipinski definition) is 2. The van der Waals surface area contributed by atoms with Gasteiger partial charge in [-0.05, 0) is 44.1 Å². The van der Waals surface area contributed by atoms with Gasteiger partial charge in [-0.2, -0.15) is 0 Å². The summed E-state index contributed by atoms with van der Waals surface area (Å²) < 4.78 is 0. The van der Waals surface area contributed by atoms with Gasteiger partial charge in [0.1, 0.15) is 0 Å². The summed E-state index contributed by atoms with van der Waals surface area (Å²) in [4.78, 5) is 0. The van der Waals surface area contributed by atoms with Gasteiger partial charge in [-0.3, -0.25) is 0 Å². The molecule has 16 heavy (non-hydrogen) atoms. The van der Waals surface area contributed by atoms with Gasteiger partial charge in [-0.1, -0.05) is 33.1 Å². The van der Waals surface area contributed by atoms with Gasteiger partial charge < -0.3 is 10.4 Å². The number of rotatable bonds is 7. The molecule has 1 atom stereocenters. The van der Waals surface area contributed by atoms with Gasteiger partial charge in [-0.15, -0.1) is 0 Å². The minimum atomic E-state index is 0.351. The van der Waals surface area contributed by atoms with E-state index in [2.05, 4.69) is 19.2 Å². The van der Waals surface area contributed by atoms with Crippen molar-refractivity contribution in [3.05, 3.63) is 0 Å². The summed E-state index contributed by atoms with van der Waals surface area (Å²) >= 11 is 0. The lowest BCUT2D eigenvalue weighted by molar-refractivity contribution is 0.198. The lowest BCUT2D eigenvalue weighted by atomic mass is 9.75. The zero-order valence-corrected chi connectivity index (χ0v) is 11.1. The molecular weight excluding hydrogens is 198 g/mol. The lowest BCUT2D eigenvalue weighted by Gasteiger charge is -2.35. The molecule has 1 fully saturated rings. The predicted molar refractivity (Wildman–Crippen MR) is 69.6 cm³/mol. The van der Waals surface area contributed by atoms with E-state index in [1.54, 1.807) is 0 Å². The van der Waals surface area contributed by atoms with Crippen molar-refractivity contribution in [1.82, 2.24) is 5.32 Å². The molecule has 0 heterocycles. The molecule has 1 saturated carbocycles. The quantitative estimate of drug-likeness (QED) is 0.655. The van der Waals surface area contributed by atoms with Crippen molar-refractivity contribution in [1.29, 1.82) is 0 Å². The van der Waals surface area contributed by atoms with Crippen LogP contribution in [0.5, 0.6) is 0 Å². The number of unbranched alkanes of at least 4 members (excludes halogenated alkanes) is 3. The van der Waals surface area contributed by atoms with Gasteiger partial charge in [0.15, 0.2) is 0 Å². The molecule has 0 saturated heterocycles. The summed E-state index contributed by atoms with van der Waals surface area (Å²) in [5, 5.41) is 12.4. The first kappa shape index (κ1) is 14.0. The predicted octanol–water partition coefficient (Wildman–Crippen LogP) is 3.10. The van der Waals surface area contributed by atoms with E-state index >= 15 is 0 Å². The Morgan fingerprint density at radius 1 is 1.19 bits per heavy atom. The van der Waals surface area contributed by atoms with Crippen LogP contribution in [0.25, 0.3) is 0 Å². The van der Waals surface area contributed by atoms with Gasteiger partial charge in [0.25, 0.3) is 0 Å². The van der Waals surface area contributed by atoms with Crippen LogP contribution in [0, 0.1) is 5.41 Å². The minimum absolute atomic E-state index is 0.351. The molecule has 2 N–H and O–H groups in total. The van der Waals surface area contributed by atoms with Gasteiger partial charge in [-0.25, -0.2) is 0 Å². The molecule has 2 heteroatoms. The highest BCUT2D eigenvalue weighted by atomic mass is 16.2. The Morgan fingerprint density at radius 3 is 2.62 bits per heavy atom. The van der Waals surface area contributed by atoms with Crippen LogP contribution >= 0.6 is 0 Å². The molecule has 0 radical (unpaired) electrons. The molecule has 96 valence electrons. The first-order chi connectivity index (χ1) is 7.64. The molecular formula is C14H29NO. The van der Waals surface area contributed by atoms with Gasteiger partial charge in [0.2, 0.25) is 0 Å². The second-order valence-electron chi connectivity index (χ2n) is 6.05. The highest BCUT2D eigenvalue weighted by Crippen LogP contribution is 2.34. The SMILES string of the molecule is CC1(C)CCCC(NCCCCCCO)C1. The molecule has 0 aromatic heterocycles. The third-order valence-corrected chi connectivity index (χ3v) is 3.72. The standard InChI is InChI=1S/C14H29NO/c1-14(2)9-7-8-13(12-14)15-10-5-3-4-6-11-16/h13,15-16H,3-12H2,1-2H3. The number of aliphatic hydroxyl groups is 1. The van der Waals surface area contributed by atoms with Crippen molar-refractivity contribution in [2.24, 2.45) is 5.41 Å². The van der Waals surface area contributed by atoms with Crippen LogP contribution in [0.1, 0.15) is 65.2 Å². The fraction of sp³-hybridized carbons (Fsp3) is 1.00. The van der Waals surface area contributed by atoms with Crippen molar-refractivity contribution >= 4 is 0 Å². The molecule has 0 aromatic carbocycles. The fourth-order valence-corrected chi connectivity index (χ4v) is 2.77. The third-order valence-electron chi connectivity index (χ3n) is 3.72. The summed E-state index contributed by atoms with van der Waals surface area (Å²) in [5.74, 6) is 0. The summed E-state index contributed by atoms with van der Waals surface area (Å²) in [6.07, 6.45) is 10.1. The van der Waals surface area contributed by atoms with E-state index in [9.17, 15) is 0 Å². The van der Waals surface area contributed by atoms with Gasteiger partial charge in [0, 0.05) is 12.6 Å². The first-order valence-electron chi connectivity index (χ1n) is 6.98. The maximum Gasteiger partial charge on any atom is 0.0431 e. The maximum atomic E-state index is 8.67. The average molecular weight is 227 g/mol. The first-order valence-corrected chi connectivity index (χ1v) is 6.98. The Balaban J connectivity index is 2.00. The van der Waals surface area contributed by atoms with Gasteiger partial charge >= 0.3 is 0 Å². The summed E-state index contributed by atoms with van der Waals surface area (Å²) in [7, 11) is 0. The van der Waals surface area contributed by atoms with E-state index in [1.165, 1.54) is 44.9 Å². The van der Waals surface area contributed by atoms with Crippen LogP contribution in [0.3, 0.4) is 0 Å².